The Morgan fingerprint density at radius 2 is 2.28 bits per heavy atom. The van der Waals surface area contributed by atoms with Gasteiger partial charge in [0.1, 0.15) is 18.2 Å². The molecule has 25 heavy (non-hydrogen) atoms. The van der Waals surface area contributed by atoms with Gasteiger partial charge in [-0.25, -0.2) is 4.98 Å². The molecule has 5 N–H and O–H groups in total. The molecule has 10 nitrogen and oxygen atoms in total. The van der Waals surface area contributed by atoms with Gasteiger partial charge >= 0.3 is 0 Å². The van der Waals surface area contributed by atoms with Gasteiger partial charge in [0.25, 0.3) is 5.56 Å². The van der Waals surface area contributed by atoms with Crippen LogP contribution in [0.2, 0.25) is 0 Å². The lowest BCUT2D eigenvalue weighted by molar-refractivity contribution is -0.0426. The van der Waals surface area contributed by atoms with Gasteiger partial charge in [-0.3, -0.25) is 19.3 Å². The van der Waals surface area contributed by atoms with Crippen molar-refractivity contribution in [1.82, 2.24) is 24.5 Å². The maximum Gasteiger partial charge on any atom is 0.280 e. The first-order valence-corrected chi connectivity index (χ1v) is 7.71. The molecule has 1 fully saturated rings. The van der Waals surface area contributed by atoms with E-state index in [1.54, 1.807) is 29.1 Å². The van der Waals surface area contributed by atoms with Crippen LogP contribution in [0.4, 0.5) is 5.95 Å². The largest absolute Gasteiger partial charge is 0.394 e. The highest BCUT2D eigenvalue weighted by Crippen LogP contribution is 2.34. The van der Waals surface area contributed by atoms with Crippen molar-refractivity contribution in [2.45, 2.75) is 24.9 Å². The number of ether oxygens (including phenoxy) is 1. The van der Waals surface area contributed by atoms with E-state index < -0.39 is 24.0 Å². The van der Waals surface area contributed by atoms with E-state index in [0.717, 1.165) is 0 Å². The van der Waals surface area contributed by atoms with Crippen molar-refractivity contribution in [3.8, 4) is 11.4 Å². The lowest BCUT2D eigenvalue weighted by Gasteiger charge is -2.16. The molecule has 0 bridgehead atoms. The third-order valence-corrected chi connectivity index (χ3v) is 4.16. The number of aromatic amines is 1. The molecule has 0 aromatic carbocycles. The van der Waals surface area contributed by atoms with E-state index in [9.17, 15) is 15.0 Å². The third-order valence-electron chi connectivity index (χ3n) is 4.16. The van der Waals surface area contributed by atoms with Crippen LogP contribution in [0, 0.1) is 0 Å². The van der Waals surface area contributed by atoms with Crippen molar-refractivity contribution >= 4 is 17.1 Å². The van der Waals surface area contributed by atoms with E-state index in [4.69, 9.17) is 10.5 Å². The topological polar surface area (TPSA) is 152 Å². The van der Waals surface area contributed by atoms with Gasteiger partial charge in [-0.05, 0) is 12.1 Å². The standard InChI is InChI=1S/C15H16N6O4/c16-15-19-13-11(14(24)20-15)18-12(7-2-1-3-17-5-7)21(13)10-4-8(23)9(6-22)25-10/h1-3,5,8-10,22-23H,4,6H2,(H3,16,19,20,24)/t8-,9+,10+/m0/s1. The van der Waals surface area contributed by atoms with Gasteiger partial charge in [-0.15, -0.1) is 0 Å². The number of aromatic nitrogens is 5. The average molecular weight is 344 g/mol. The minimum absolute atomic E-state index is 0.0476. The molecule has 4 heterocycles. The molecule has 10 heteroatoms. The Bertz CT molecular complexity index is 969. The Labute approximate surface area is 140 Å². The summed E-state index contributed by atoms with van der Waals surface area (Å²) in [5.41, 5.74) is 6.21. The lowest BCUT2D eigenvalue weighted by Crippen LogP contribution is -2.24. The maximum atomic E-state index is 12.2. The normalized spacial score (nSPS) is 23.4. The number of nitrogen functional groups attached to an aromatic ring is 1. The number of aliphatic hydroxyl groups is 2. The summed E-state index contributed by atoms with van der Waals surface area (Å²) in [7, 11) is 0. The number of nitrogens with one attached hydrogen (secondary N) is 1. The number of hydrogen-bond donors (Lipinski definition) is 4. The molecule has 0 radical (unpaired) electrons. The van der Waals surface area contributed by atoms with Gasteiger partial charge in [-0.1, -0.05) is 0 Å². The molecule has 130 valence electrons. The molecule has 0 amide bonds. The van der Waals surface area contributed by atoms with Crippen LogP contribution in [-0.2, 0) is 4.74 Å². The number of imidazole rings is 1. The Kier molecular flexibility index (Phi) is 3.71. The van der Waals surface area contributed by atoms with Crippen molar-refractivity contribution in [3.05, 3.63) is 34.9 Å². The molecule has 1 aliphatic heterocycles. The van der Waals surface area contributed by atoms with Crippen LogP contribution in [0.5, 0.6) is 0 Å². The number of nitrogens with zero attached hydrogens (tertiary/aromatic N) is 4. The van der Waals surface area contributed by atoms with Crippen molar-refractivity contribution in [1.29, 1.82) is 0 Å². The van der Waals surface area contributed by atoms with Crippen molar-refractivity contribution < 1.29 is 14.9 Å². The molecule has 0 unspecified atom stereocenters. The van der Waals surface area contributed by atoms with Gasteiger partial charge < -0.3 is 20.7 Å². The number of fused-ring (bicyclic) bond motifs is 1. The van der Waals surface area contributed by atoms with Gasteiger partial charge in [-0.2, -0.15) is 4.98 Å². The molecular weight excluding hydrogens is 328 g/mol. The van der Waals surface area contributed by atoms with Crippen LogP contribution in [0.15, 0.2) is 29.3 Å². The zero-order valence-electron chi connectivity index (χ0n) is 13.0. The van der Waals surface area contributed by atoms with E-state index in [-0.39, 0.29) is 30.1 Å². The van der Waals surface area contributed by atoms with Gasteiger partial charge in [0.05, 0.1) is 12.7 Å². The van der Waals surface area contributed by atoms with Crippen LogP contribution in [0.3, 0.4) is 0 Å². The molecule has 3 aromatic heterocycles. The summed E-state index contributed by atoms with van der Waals surface area (Å²) in [5, 5.41) is 19.4. The maximum absolute atomic E-state index is 12.2. The molecule has 3 atom stereocenters. The second kappa shape index (κ2) is 5.92. The highest BCUT2D eigenvalue weighted by atomic mass is 16.5. The summed E-state index contributed by atoms with van der Waals surface area (Å²) in [4.78, 5) is 27.2. The zero-order valence-corrected chi connectivity index (χ0v) is 13.0. The van der Waals surface area contributed by atoms with Gasteiger partial charge in [0.2, 0.25) is 5.95 Å². The number of anilines is 1. The third kappa shape index (κ3) is 2.56. The van der Waals surface area contributed by atoms with Gasteiger partial charge in [0.15, 0.2) is 11.2 Å². The first-order valence-electron chi connectivity index (χ1n) is 7.71. The Morgan fingerprint density at radius 1 is 1.44 bits per heavy atom. The number of aliphatic hydroxyl groups excluding tert-OH is 2. The van der Waals surface area contributed by atoms with Crippen molar-refractivity contribution in [2.75, 3.05) is 12.3 Å². The number of hydrogen-bond acceptors (Lipinski definition) is 8. The Morgan fingerprint density at radius 3 is 2.96 bits per heavy atom. The average Bonchev–Trinajstić information content (AvgIpc) is 3.16. The number of H-pyrrole nitrogens is 1. The van der Waals surface area contributed by atoms with E-state index in [2.05, 4.69) is 19.9 Å². The predicted molar refractivity (Wildman–Crippen MR) is 87.4 cm³/mol. The monoisotopic (exact) mass is 344 g/mol. The van der Waals surface area contributed by atoms with E-state index in [1.165, 1.54) is 0 Å². The van der Waals surface area contributed by atoms with Crippen molar-refractivity contribution in [3.63, 3.8) is 0 Å². The first-order chi connectivity index (χ1) is 12.1. The molecule has 1 aliphatic rings. The summed E-state index contributed by atoms with van der Waals surface area (Å²) < 4.78 is 7.33. The second-order valence-corrected chi connectivity index (χ2v) is 5.79. The van der Waals surface area contributed by atoms with Crippen LogP contribution in [0.1, 0.15) is 12.6 Å². The predicted octanol–water partition coefficient (Wildman–Crippen LogP) is -0.596. The summed E-state index contributed by atoms with van der Waals surface area (Å²) in [6.45, 7) is -0.317. The first kappa shape index (κ1) is 15.7. The molecule has 0 saturated carbocycles. The summed E-state index contributed by atoms with van der Waals surface area (Å²) in [6.07, 6.45) is 1.23. The Balaban J connectivity index is 1.96. The SMILES string of the molecule is Nc1nc2c(nc(-c3cccnc3)n2[C@H]2C[C@H](O)[C@@H](CO)O2)c(=O)[nH]1. The molecule has 0 spiro atoms. The van der Waals surface area contributed by atoms with Crippen molar-refractivity contribution in [2.24, 2.45) is 0 Å². The van der Waals surface area contributed by atoms with E-state index >= 15 is 0 Å². The lowest BCUT2D eigenvalue weighted by atomic mass is 10.2. The smallest absolute Gasteiger partial charge is 0.280 e. The molecule has 3 aromatic rings. The van der Waals surface area contributed by atoms with Crippen LogP contribution >= 0.6 is 0 Å². The molecule has 4 rings (SSSR count). The number of rotatable bonds is 3. The minimum Gasteiger partial charge on any atom is -0.394 e. The quantitative estimate of drug-likeness (QED) is 0.492. The van der Waals surface area contributed by atoms with Crippen LogP contribution in [0.25, 0.3) is 22.6 Å². The summed E-state index contributed by atoms with van der Waals surface area (Å²) in [5.74, 6) is 0.371. The zero-order chi connectivity index (χ0) is 17.6. The van der Waals surface area contributed by atoms with Crippen LogP contribution < -0.4 is 11.3 Å². The fourth-order valence-electron chi connectivity index (χ4n) is 3.01. The molecule has 1 saturated heterocycles. The molecular formula is C15H16N6O4. The van der Waals surface area contributed by atoms with E-state index in [0.29, 0.717) is 11.4 Å². The van der Waals surface area contributed by atoms with Gasteiger partial charge in [0, 0.05) is 24.4 Å². The fourth-order valence-corrected chi connectivity index (χ4v) is 3.01. The van der Waals surface area contributed by atoms with E-state index in [1.807, 2.05) is 0 Å². The highest BCUT2D eigenvalue weighted by molar-refractivity contribution is 5.77. The summed E-state index contributed by atoms with van der Waals surface area (Å²) in [6, 6.07) is 3.53. The number of nitrogens with two attached hydrogens (primary N) is 1. The highest BCUT2D eigenvalue weighted by Gasteiger charge is 2.37. The van der Waals surface area contributed by atoms with Crippen LogP contribution in [-0.4, -0.2) is 53.5 Å². The molecule has 0 aliphatic carbocycles. The number of pyridine rings is 1. The Hall–Kier alpha value is -2.82. The minimum atomic E-state index is -0.839. The summed E-state index contributed by atoms with van der Waals surface area (Å²) >= 11 is 0. The fraction of sp³-hybridized carbons (Fsp3) is 0.333. The second-order valence-electron chi connectivity index (χ2n) is 5.79.